The lowest BCUT2D eigenvalue weighted by atomic mass is 9.90. The fraction of sp³-hybridized carbons (Fsp3) is 0.444. The number of terminal acetylenes is 1. The van der Waals surface area contributed by atoms with Crippen molar-refractivity contribution < 1.29 is 19.1 Å². The highest BCUT2D eigenvalue weighted by Crippen LogP contribution is 2.53. The second kappa shape index (κ2) is 8.58. The zero-order chi connectivity index (χ0) is 24.1. The first-order valence-corrected chi connectivity index (χ1v) is 12.2. The van der Waals surface area contributed by atoms with Crippen molar-refractivity contribution in [3.63, 3.8) is 0 Å². The van der Waals surface area contributed by atoms with Gasteiger partial charge in [-0.2, -0.15) is 0 Å². The summed E-state index contributed by atoms with van der Waals surface area (Å²) in [6.45, 7) is 1.18. The predicted octanol–water partition coefficient (Wildman–Crippen LogP) is 3.51. The molecule has 0 radical (unpaired) electrons. The predicted molar refractivity (Wildman–Crippen MR) is 131 cm³/mol. The number of hydrogen-bond acceptors (Lipinski definition) is 5. The van der Waals surface area contributed by atoms with Crippen molar-refractivity contribution in [3.8, 4) is 12.3 Å². The number of ether oxygens (including phenoxy) is 2. The Bertz CT molecular complexity index is 1350. The Hall–Kier alpha value is -3.57. The molecule has 3 fully saturated rings. The number of carbonyl (C=O) groups is 2. The molecule has 3 aromatic rings. The van der Waals surface area contributed by atoms with E-state index in [1.165, 1.54) is 7.11 Å². The molecule has 35 heavy (non-hydrogen) atoms. The molecular formula is C27H28N4O4. The SMILES string of the molecule is C#Cc1ccc2c(ccc3nc([C@@H]4C[C@H]5C[C@H]5N4C(=O)[C@@H](NC(=O)OC)C4CCOCC4)[nH]c32)c1. The molecule has 4 atom stereocenters. The molecular weight excluding hydrogens is 444 g/mol. The molecule has 2 aromatic carbocycles. The Morgan fingerprint density at radius 1 is 1.26 bits per heavy atom. The molecule has 1 saturated carbocycles. The second-order valence-corrected chi connectivity index (χ2v) is 9.79. The number of aromatic amines is 1. The smallest absolute Gasteiger partial charge is 0.407 e. The lowest BCUT2D eigenvalue weighted by molar-refractivity contribution is -0.138. The highest BCUT2D eigenvalue weighted by Gasteiger charge is 2.56. The van der Waals surface area contributed by atoms with Crippen LogP contribution in [0.3, 0.4) is 0 Å². The van der Waals surface area contributed by atoms with Crippen LogP contribution in [0.5, 0.6) is 0 Å². The zero-order valence-corrected chi connectivity index (χ0v) is 19.6. The maximum absolute atomic E-state index is 14.0. The van der Waals surface area contributed by atoms with Crippen LogP contribution in [-0.4, -0.2) is 59.3 Å². The molecule has 0 spiro atoms. The van der Waals surface area contributed by atoms with E-state index in [-0.39, 0.29) is 23.9 Å². The van der Waals surface area contributed by atoms with Gasteiger partial charge in [0, 0.05) is 30.2 Å². The number of H-pyrrole nitrogens is 1. The largest absolute Gasteiger partial charge is 0.453 e. The number of alkyl carbamates (subject to hydrolysis) is 1. The summed E-state index contributed by atoms with van der Waals surface area (Å²) in [4.78, 5) is 36.5. The number of amides is 2. The summed E-state index contributed by atoms with van der Waals surface area (Å²) >= 11 is 0. The van der Waals surface area contributed by atoms with Crippen molar-refractivity contribution in [2.24, 2.45) is 11.8 Å². The van der Waals surface area contributed by atoms with Crippen molar-refractivity contribution in [1.82, 2.24) is 20.2 Å². The van der Waals surface area contributed by atoms with Crippen LogP contribution >= 0.6 is 0 Å². The number of carbonyl (C=O) groups excluding carboxylic acids is 2. The molecule has 2 amide bonds. The molecule has 1 aliphatic carbocycles. The van der Waals surface area contributed by atoms with Crippen molar-refractivity contribution in [3.05, 3.63) is 41.7 Å². The van der Waals surface area contributed by atoms with E-state index in [4.69, 9.17) is 20.9 Å². The molecule has 2 aliphatic heterocycles. The lowest BCUT2D eigenvalue weighted by Gasteiger charge is -2.35. The van der Waals surface area contributed by atoms with E-state index in [2.05, 4.69) is 16.2 Å². The van der Waals surface area contributed by atoms with Gasteiger partial charge in [-0.3, -0.25) is 4.79 Å². The van der Waals surface area contributed by atoms with Crippen molar-refractivity contribution in [2.75, 3.05) is 20.3 Å². The van der Waals surface area contributed by atoms with Crippen molar-refractivity contribution in [2.45, 2.75) is 43.8 Å². The quantitative estimate of drug-likeness (QED) is 0.567. The van der Waals surface area contributed by atoms with Gasteiger partial charge in [-0.15, -0.1) is 6.42 Å². The summed E-state index contributed by atoms with van der Waals surface area (Å²) in [5.74, 6) is 3.90. The molecule has 0 unspecified atom stereocenters. The molecule has 8 nitrogen and oxygen atoms in total. The number of nitrogens with one attached hydrogen (secondary N) is 2. The minimum atomic E-state index is -0.638. The molecule has 3 heterocycles. The number of imidazole rings is 1. The Morgan fingerprint density at radius 3 is 2.86 bits per heavy atom. The summed E-state index contributed by atoms with van der Waals surface area (Å²) in [5.41, 5.74) is 2.65. The number of piperidine rings is 1. The maximum Gasteiger partial charge on any atom is 0.407 e. The van der Waals surface area contributed by atoms with Gasteiger partial charge in [0.05, 0.1) is 24.2 Å². The first-order chi connectivity index (χ1) is 17.1. The summed E-state index contributed by atoms with van der Waals surface area (Å²) in [7, 11) is 1.32. The Kier molecular flexibility index (Phi) is 5.37. The van der Waals surface area contributed by atoms with E-state index in [1.54, 1.807) is 0 Å². The second-order valence-electron chi connectivity index (χ2n) is 9.79. The minimum Gasteiger partial charge on any atom is -0.453 e. The number of fused-ring (bicyclic) bond motifs is 4. The number of methoxy groups -OCH3 is 1. The average Bonchev–Trinajstić information content (AvgIpc) is 3.34. The Labute approximate surface area is 203 Å². The standard InChI is InChI=1S/C27H28N4O4/c1-3-15-4-6-19-17(12-15)5-7-20-24(19)29-25(28-20)22-14-18-13-21(18)31(22)26(32)23(30-27(33)34-2)16-8-10-35-11-9-16/h1,4-7,12,16,18,21-23H,8-11,13-14H2,2H3,(H,28,29)(H,30,33)/t18-,21-,22+,23+/m1/s1. The first-order valence-electron chi connectivity index (χ1n) is 12.2. The maximum atomic E-state index is 14.0. The number of nitrogens with zero attached hydrogens (tertiary/aromatic N) is 2. The highest BCUT2D eigenvalue weighted by molar-refractivity contribution is 6.04. The monoisotopic (exact) mass is 472 g/mol. The first kappa shape index (κ1) is 21.9. The summed E-state index contributed by atoms with van der Waals surface area (Å²) in [6.07, 6.45) is 8.30. The van der Waals surface area contributed by atoms with Gasteiger partial charge in [0.2, 0.25) is 5.91 Å². The molecule has 2 N–H and O–H groups in total. The summed E-state index contributed by atoms with van der Waals surface area (Å²) in [5, 5.41) is 4.93. The highest BCUT2D eigenvalue weighted by atomic mass is 16.5. The van der Waals surface area contributed by atoms with Crippen LogP contribution in [0.2, 0.25) is 0 Å². The third-order valence-electron chi connectivity index (χ3n) is 7.80. The Morgan fingerprint density at radius 2 is 2.09 bits per heavy atom. The number of hydrogen-bond donors (Lipinski definition) is 2. The van der Waals surface area contributed by atoms with E-state index in [1.807, 2.05) is 35.2 Å². The molecule has 1 aromatic heterocycles. The number of likely N-dealkylation sites (tertiary alicyclic amines) is 1. The van der Waals surface area contributed by atoms with Gasteiger partial charge < -0.3 is 24.7 Å². The molecule has 0 bridgehead atoms. The molecule has 2 saturated heterocycles. The third kappa shape index (κ3) is 3.80. The molecule has 180 valence electrons. The van der Waals surface area contributed by atoms with Crippen LogP contribution in [0, 0.1) is 24.2 Å². The van der Waals surface area contributed by atoms with E-state index < -0.39 is 12.1 Å². The van der Waals surface area contributed by atoms with Gasteiger partial charge in [-0.05, 0) is 61.1 Å². The van der Waals surface area contributed by atoms with Crippen LogP contribution in [-0.2, 0) is 14.3 Å². The number of aromatic nitrogens is 2. The van der Waals surface area contributed by atoms with Crippen LogP contribution in [0.25, 0.3) is 21.8 Å². The summed E-state index contributed by atoms with van der Waals surface area (Å²) in [6, 6.07) is 9.36. The topological polar surface area (TPSA) is 96.6 Å². The molecule has 6 rings (SSSR count). The van der Waals surface area contributed by atoms with Crippen molar-refractivity contribution in [1.29, 1.82) is 0 Å². The van der Waals surface area contributed by atoms with Gasteiger partial charge in [-0.25, -0.2) is 9.78 Å². The van der Waals surface area contributed by atoms with Gasteiger partial charge in [0.15, 0.2) is 0 Å². The number of rotatable bonds is 4. The lowest BCUT2D eigenvalue weighted by Crippen LogP contribution is -2.54. The van der Waals surface area contributed by atoms with Gasteiger partial charge >= 0.3 is 6.09 Å². The van der Waals surface area contributed by atoms with Crippen molar-refractivity contribution >= 4 is 33.8 Å². The van der Waals surface area contributed by atoms with E-state index >= 15 is 0 Å². The fourth-order valence-corrected chi connectivity index (χ4v) is 5.87. The van der Waals surface area contributed by atoms with E-state index in [9.17, 15) is 9.59 Å². The Balaban J connectivity index is 1.34. The van der Waals surface area contributed by atoms with Crippen LogP contribution in [0.15, 0.2) is 30.3 Å². The van der Waals surface area contributed by atoms with Gasteiger partial charge in [0.1, 0.15) is 11.9 Å². The average molecular weight is 473 g/mol. The molecule has 8 heteroatoms. The number of benzene rings is 2. The van der Waals surface area contributed by atoms with Gasteiger partial charge in [0.25, 0.3) is 0 Å². The van der Waals surface area contributed by atoms with Gasteiger partial charge in [-0.1, -0.05) is 18.1 Å². The normalized spacial score (nSPS) is 24.7. The minimum absolute atomic E-state index is 0.0127. The van der Waals surface area contributed by atoms with E-state index in [0.29, 0.717) is 19.1 Å². The summed E-state index contributed by atoms with van der Waals surface area (Å²) < 4.78 is 10.3. The van der Waals surface area contributed by atoms with Crippen LogP contribution < -0.4 is 5.32 Å². The zero-order valence-electron chi connectivity index (χ0n) is 19.6. The van der Waals surface area contributed by atoms with Crippen LogP contribution in [0.4, 0.5) is 4.79 Å². The van der Waals surface area contributed by atoms with E-state index in [0.717, 1.165) is 58.9 Å². The third-order valence-corrected chi connectivity index (χ3v) is 7.80. The van der Waals surface area contributed by atoms with Crippen LogP contribution in [0.1, 0.15) is 43.1 Å². The fourth-order valence-electron chi connectivity index (χ4n) is 5.87. The molecule has 3 aliphatic rings.